The minimum absolute atomic E-state index is 0.0722. The van der Waals surface area contributed by atoms with Gasteiger partial charge in [-0.3, -0.25) is 0 Å². The maximum absolute atomic E-state index is 12.7. The van der Waals surface area contributed by atoms with Gasteiger partial charge in [-0.05, 0) is 39.7 Å². The third kappa shape index (κ3) is 4.67. The highest BCUT2D eigenvalue weighted by Crippen LogP contribution is 2.30. The molecule has 1 aromatic heterocycles. The topological polar surface area (TPSA) is 85.4 Å². The number of pyridine rings is 1. The second kappa shape index (κ2) is 6.86. The Labute approximate surface area is 137 Å². The van der Waals surface area contributed by atoms with Gasteiger partial charge < -0.3 is 10.1 Å². The summed E-state index contributed by atoms with van der Waals surface area (Å²) in [5, 5.41) is 2.30. The smallest absolute Gasteiger partial charge is 0.407 e. The number of alkyl carbamates (subject to hydrolysis) is 1. The molecule has 0 spiro atoms. The number of nitrogens with zero attached hydrogens (tertiary/aromatic N) is 1. The van der Waals surface area contributed by atoms with E-state index in [1.165, 1.54) is 6.20 Å². The van der Waals surface area contributed by atoms with E-state index >= 15 is 0 Å². The molecule has 6 nitrogen and oxygen atoms in total. The van der Waals surface area contributed by atoms with Gasteiger partial charge in [0.15, 0.2) is 14.9 Å². The molecule has 128 valence electrons. The van der Waals surface area contributed by atoms with Crippen molar-refractivity contribution in [2.75, 3.05) is 0 Å². The van der Waals surface area contributed by atoms with E-state index in [0.717, 1.165) is 12.8 Å². The molecule has 23 heavy (non-hydrogen) atoms. The second-order valence-electron chi connectivity index (χ2n) is 6.77. The molecule has 2 rings (SSSR count). The van der Waals surface area contributed by atoms with Gasteiger partial charge >= 0.3 is 6.09 Å². The van der Waals surface area contributed by atoms with Crippen molar-refractivity contribution in [2.24, 2.45) is 0 Å². The molecule has 1 aliphatic carbocycles. The van der Waals surface area contributed by atoms with E-state index in [4.69, 9.17) is 4.74 Å². The first-order valence-electron chi connectivity index (χ1n) is 7.85. The van der Waals surface area contributed by atoms with Gasteiger partial charge in [0.25, 0.3) is 0 Å². The first-order valence-corrected chi connectivity index (χ1v) is 9.39. The van der Waals surface area contributed by atoms with Crippen molar-refractivity contribution < 1.29 is 17.9 Å². The first-order chi connectivity index (χ1) is 10.7. The summed E-state index contributed by atoms with van der Waals surface area (Å²) in [7, 11) is -3.46. The Kier molecular flexibility index (Phi) is 5.29. The molecular formula is C16H24N2O4S. The van der Waals surface area contributed by atoms with E-state index in [0.29, 0.717) is 18.4 Å². The number of carbonyl (C=O) groups excluding carboxylic acids is 1. The molecule has 7 heteroatoms. The summed E-state index contributed by atoms with van der Waals surface area (Å²) in [5.41, 5.74) is -0.108. The summed E-state index contributed by atoms with van der Waals surface area (Å²) >= 11 is 0. The van der Waals surface area contributed by atoms with Crippen molar-refractivity contribution in [1.29, 1.82) is 0 Å². The highest BCUT2D eigenvalue weighted by molar-refractivity contribution is 7.92. The Balaban J connectivity index is 2.13. The van der Waals surface area contributed by atoms with Gasteiger partial charge in [0.1, 0.15) is 5.60 Å². The minimum atomic E-state index is -3.46. The lowest BCUT2D eigenvalue weighted by molar-refractivity contribution is 0.0523. The zero-order valence-electron chi connectivity index (χ0n) is 13.8. The predicted octanol–water partition coefficient (Wildman–Crippen LogP) is 2.82. The Hall–Kier alpha value is -1.63. The Bertz CT molecular complexity index is 659. The molecule has 1 aliphatic rings. The average Bonchev–Trinajstić information content (AvgIpc) is 2.98. The van der Waals surface area contributed by atoms with Crippen molar-refractivity contribution >= 4 is 15.9 Å². The normalized spacial score (nSPS) is 16.3. The molecule has 0 radical (unpaired) electrons. The zero-order valence-corrected chi connectivity index (χ0v) is 14.6. The fourth-order valence-corrected chi connectivity index (χ4v) is 4.64. The molecule has 1 amide bonds. The highest BCUT2D eigenvalue weighted by atomic mass is 32.2. The third-order valence-electron chi connectivity index (χ3n) is 3.68. The summed E-state index contributed by atoms with van der Waals surface area (Å²) < 4.78 is 30.6. The quantitative estimate of drug-likeness (QED) is 0.911. The van der Waals surface area contributed by atoms with Crippen LogP contribution in [0.15, 0.2) is 23.4 Å². The van der Waals surface area contributed by atoms with Crippen molar-refractivity contribution in [3.8, 4) is 0 Å². The number of sulfone groups is 1. The number of hydrogen-bond donors (Lipinski definition) is 1. The van der Waals surface area contributed by atoms with Gasteiger partial charge in [-0.25, -0.2) is 18.2 Å². The number of rotatable bonds is 4. The Morgan fingerprint density at radius 3 is 2.61 bits per heavy atom. The van der Waals surface area contributed by atoms with Crippen molar-refractivity contribution in [3.63, 3.8) is 0 Å². The molecule has 1 saturated carbocycles. The van der Waals surface area contributed by atoms with Crippen molar-refractivity contribution in [1.82, 2.24) is 10.3 Å². The summed E-state index contributed by atoms with van der Waals surface area (Å²) in [6, 6.07) is 3.34. The molecule has 0 atom stereocenters. The van der Waals surface area contributed by atoms with Crippen LogP contribution in [0.1, 0.15) is 52.0 Å². The molecule has 0 aromatic carbocycles. The molecule has 1 fully saturated rings. The lowest BCUT2D eigenvalue weighted by Crippen LogP contribution is -2.32. The molecular weight excluding hydrogens is 316 g/mol. The number of hydrogen-bond acceptors (Lipinski definition) is 5. The van der Waals surface area contributed by atoms with E-state index in [1.54, 1.807) is 32.9 Å². The zero-order chi connectivity index (χ0) is 17.1. The third-order valence-corrected chi connectivity index (χ3v) is 5.94. The predicted molar refractivity (Wildman–Crippen MR) is 86.8 cm³/mol. The molecule has 1 heterocycles. The fourth-order valence-electron chi connectivity index (χ4n) is 2.65. The monoisotopic (exact) mass is 340 g/mol. The molecule has 0 bridgehead atoms. The lowest BCUT2D eigenvalue weighted by Gasteiger charge is -2.20. The van der Waals surface area contributed by atoms with E-state index in [1.807, 2.05) is 0 Å². The molecule has 0 unspecified atom stereocenters. The SMILES string of the molecule is CC(C)(C)OC(=O)NCc1cccnc1S(=O)(=O)C1CCCC1. The molecule has 0 aliphatic heterocycles. The van der Waals surface area contributed by atoms with Gasteiger partial charge in [0.2, 0.25) is 0 Å². The number of nitrogens with one attached hydrogen (secondary N) is 1. The van der Waals surface area contributed by atoms with Crippen LogP contribution in [0.2, 0.25) is 0 Å². The number of carbonyl (C=O) groups is 1. The van der Waals surface area contributed by atoms with Gasteiger partial charge in [0.05, 0.1) is 5.25 Å². The maximum atomic E-state index is 12.7. The van der Waals surface area contributed by atoms with Crippen LogP contribution >= 0.6 is 0 Å². The first kappa shape index (κ1) is 17.7. The van der Waals surface area contributed by atoms with E-state index in [9.17, 15) is 13.2 Å². The standard InChI is InChI=1S/C16H24N2O4S/c1-16(2,3)22-15(19)18-11-12-7-6-10-17-14(12)23(20,21)13-8-4-5-9-13/h6-7,10,13H,4-5,8-9,11H2,1-3H3,(H,18,19). The van der Waals surface area contributed by atoms with Crippen LogP contribution in [0.4, 0.5) is 4.79 Å². The minimum Gasteiger partial charge on any atom is -0.444 e. The van der Waals surface area contributed by atoms with Crippen LogP contribution in [0.25, 0.3) is 0 Å². The Morgan fingerprint density at radius 1 is 1.35 bits per heavy atom. The van der Waals surface area contributed by atoms with Gasteiger partial charge in [-0.15, -0.1) is 0 Å². The summed E-state index contributed by atoms with van der Waals surface area (Å²) in [5.74, 6) is 0. The van der Waals surface area contributed by atoms with Gasteiger partial charge in [-0.1, -0.05) is 18.9 Å². The highest BCUT2D eigenvalue weighted by Gasteiger charge is 2.33. The maximum Gasteiger partial charge on any atom is 0.407 e. The van der Waals surface area contributed by atoms with Gasteiger partial charge in [0, 0.05) is 18.3 Å². The van der Waals surface area contributed by atoms with Crippen molar-refractivity contribution in [3.05, 3.63) is 23.9 Å². The van der Waals surface area contributed by atoms with Crippen LogP contribution < -0.4 is 5.32 Å². The molecule has 1 N–H and O–H groups in total. The van der Waals surface area contributed by atoms with E-state index in [2.05, 4.69) is 10.3 Å². The largest absolute Gasteiger partial charge is 0.444 e. The van der Waals surface area contributed by atoms with Crippen LogP contribution in [0.5, 0.6) is 0 Å². The van der Waals surface area contributed by atoms with Crippen molar-refractivity contribution in [2.45, 2.75) is 68.9 Å². The molecule has 0 saturated heterocycles. The summed E-state index contributed by atoms with van der Waals surface area (Å²) in [6.07, 6.45) is 4.12. The number of aromatic nitrogens is 1. The van der Waals surface area contributed by atoms with Crippen LogP contribution in [0.3, 0.4) is 0 Å². The summed E-state index contributed by atoms with van der Waals surface area (Å²) in [6.45, 7) is 5.38. The fraction of sp³-hybridized carbons (Fsp3) is 0.625. The van der Waals surface area contributed by atoms with Crippen LogP contribution in [-0.4, -0.2) is 30.3 Å². The van der Waals surface area contributed by atoms with Gasteiger partial charge in [-0.2, -0.15) is 0 Å². The van der Waals surface area contributed by atoms with Crippen LogP contribution in [-0.2, 0) is 21.1 Å². The molecule has 1 aromatic rings. The summed E-state index contributed by atoms with van der Waals surface area (Å²) in [4.78, 5) is 15.8. The average molecular weight is 340 g/mol. The Morgan fingerprint density at radius 2 is 2.00 bits per heavy atom. The number of ether oxygens (including phenoxy) is 1. The number of amides is 1. The van der Waals surface area contributed by atoms with E-state index in [-0.39, 0.29) is 16.8 Å². The van der Waals surface area contributed by atoms with E-state index < -0.39 is 21.5 Å². The lowest BCUT2D eigenvalue weighted by atomic mass is 10.2. The second-order valence-corrected chi connectivity index (χ2v) is 8.92. The van der Waals surface area contributed by atoms with Crippen LogP contribution in [0, 0.1) is 0 Å².